The van der Waals surface area contributed by atoms with E-state index in [9.17, 15) is 4.79 Å². The molecule has 5 rings (SSSR count). The Hall–Kier alpha value is -2.79. The average Bonchev–Trinajstić information content (AvgIpc) is 3.00. The summed E-state index contributed by atoms with van der Waals surface area (Å²) in [5.41, 5.74) is 11.7. The Kier molecular flexibility index (Phi) is 2.49. The number of anilines is 1. The molecule has 0 bridgehead atoms. The molecule has 5 nitrogen and oxygen atoms in total. The third-order valence-electron chi connectivity index (χ3n) is 5.43. The van der Waals surface area contributed by atoms with Gasteiger partial charge in [-0.05, 0) is 30.2 Å². The molecule has 1 unspecified atom stereocenters. The Labute approximate surface area is 139 Å². The molecular weight excluding hydrogens is 300 g/mol. The molecule has 24 heavy (non-hydrogen) atoms. The van der Waals surface area contributed by atoms with Crippen molar-refractivity contribution >= 4 is 22.5 Å². The van der Waals surface area contributed by atoms with Gasteiger partial charge in [0.15, 0.2) is 0 Å². The standard InChI is InChI=1S/C19H18N4O/c1-22-16-9-5-3-7-14(16)18(24)23-11-10-13-12-6-2-4-8-15(12)21-17(13)19(22,23)20/h2-9,21H,10-11,20H2,1H3. The number of aromatic amines is 1. The molecule has 3 N–H and O–H groups in total. The first-order valence-electron chi connectivity index (χ1n) is 8.16. The molecule has 3 heterocycles. The summed E-state index contributed by atoms with van der Waals surface area (Å²) >= 11 is 0. The molecular formula is C19H18N4O. The second kappa shape index (κ2) is 4.39. The van der Waals surface area contributed by atoms with Gasteiger partial charge in [-0.3, -0.25) is 15.4 Å². The first-order valence-corrected chi connectivity index (χ1v) is 8.16. The van der Waals surface area contributed by atoms with Crippen LogP contribution in [-0.4, -0.2) is 29.4 Å². The largest absolute Gasteiger partial charge is 0.353 e. The predicted octanol–water partition coefficient (Wildman–Crippen LogP) is 2.39. The van der Waals surface area contributed by atoms with Crippen molar-refractivity contribution in [2.24, 2.45) is 5.73 Å². The van der Waals surface area contributed by atoms with Crippen LogP contribution in [0, 0.1) is 0 Å². The number of fused-ring (bicyclic) bond motifs is 6. The van der Waals surface area contributed by atoms with Crippen molar-refractivity contribution < 1.29 is 4.79 Å². The van der Waals surface area contributed by atoms with Crippen molar-refractivity contribution in [3.63, 3.8) is 0 Å². The molecule has 0 saturated carbocycles. The lowest BCUT2D eigenvalue weighted by molar-refractivity contribution is 0.0382. The first kappa shape index (κ1) is 13.6. The maximum Gasteiger partial charge on any atom is 0.259 e. The van der Waals surface area contributed by atoms with E-state index in [0.717, 1.165) is 23.3 Å². The Morgan fingerprint density at radius 1 is 1.12 bits per heavy atom. The van der Waals surface area contributed by atoms with Crippen molar-refractivity contribution in [1.82, 2.24) is 9.88 Å². The Morgan fingerprint density at radius 2 is 1.88 bits per heavy atom. The number of para-hydroxylation sites is 2. The van der Waals surface area contributed by atoms with E-state index < -0.39 is 5.79 Å². The SMILES string of the molecule is CN1c2ccccc2C(=O)N2CCc3c([nH]c4ccccc34)C21N. The number of amides is 1. The third-order valence-corrected chi connectivity index (χ3v) is 5.43. The first-order chi connectivity index (χ1) is 11.6. The number of hydrogen-bond donors (Lipinski definition) is 2. The summed E-state index contributed by atoms with van der Waals surface area (Å²) in [6.45, 7) is 0.614. The van der Waals surface area contributed by atoms with E-state index in [1.165, 1.54) is 10.9 Å². The Balaban J connectivity index is 1.81. The van der Waals surface area contributed by atoms with Gasteiger partial charge in [0.25, 0.3) is 5.91 Å². The van der Waals surface area contributed by atoms with Crippen LogP contribution in [0.2, 0.25) is 0 Å². The summed E-state index contributed by atoms with van der Waals surface area (Å²) in [6, 6.07) is 15.9. The zero-order chi connectivity index (χ0) is 16.5. The lowest BCUT2D eigenvalue weighted by Crippen LogP contribution is -2.69. The molecule has 5 heteroatoms. The van der Waals surface area contributed by atoms with Crippen LogP contribution in [0.3, 0.4) is 0 Å². The fraction of sp³-hybridized carbons (Fsp3) is 0.211. The molecule has 120 valence electrons. The molecule has 2 aromatic carbocycles. The second-order valence-electron chi connectivity index (χ2n) is 6.53. The van der Waals surface area contributed by atoms with Crippen LogP contribution in [0.1, 0.15) is 21.6 Å². The number of benzene rings is 2. The zero-order valence-corrected chi connectivity index (χ0v) is 13.4. The molecule has 3 aromatic rings. The van der Waals surface area contributed by atoms with E-state index in [4.69, 9.17) is 5.73 Å². The molecule has 0 saturated heterocycles. The van der Waals surface area contributed by atoms with Gasteiger partial charge in [-0.1, -0.05) is 30.3 Å². The summed E-state index contributed by atoms with van der Waals surface area (Å²) in [6.07, 6.45) is 0.806. The van der Waals surface area contributed by atoms with E-state index in [-0.39, 0.29) is 5.91 Å². The monoisotopic (exact) mass is 318 g/mol. The zero-order valence-electron chi connectivity index (χ0n) is 13.4. The topological polar surface area (TPSA) is 65.4 Å². The van der Waals surface area contributed by atoms with Crippen LogP contribution < -0.4 is 10.6 Å². The number of aromatic nitrogens is 1. The summed E-state index contributed by atoms with van der Waals surface area (Å²) in [7, 11) is 1.96. The number of nitrogens with zero attached hydrogens (tertiary/aromatic N) is 2. The molecule has 1 atom stereocenters. The van der Waals surface area contributed by atoms with Crippen molar-refractivity contribution in [2.45, 2.75) is 12.2 Å². The van der Waals surface area contributed by atoms with Gasteiger partial charge >= 0.3 is 0 Å². The van der Waals surface area contributed by atoms with E-state index in [1.807, 2.05) is 48.3 Å². The predicted molar refractivity (Wildman–Crippen MR) is 93.7 cm³/mol. The van der Waals surface area contributed by atoms with Crippen LogP contribution >= 0.6 is 0 Å². The van der Waals surface area contributed by atoms with Crippen LogP contribution in [0.5, 0.6) is 0 Å². The van der Waals surface area contributed by atoms with E-state index in [2.05, 4.69) is 17.1 Å². The number of carbonyl (C=O) groups is 1. The lowest BCUT2D eigenvalue weighted by Gasteiger charge is -2.53. The van der Waals surface area contributed by atoms with E-state index >= 15 is 0 Å². The Morgan fingerprint density at radius 3 is 2.75 bits per heavy atom. The molecule has 0 fully saturated rings. The van der Waals surface area contributed by atoms with Crippen molar-refractivity contribution in [3.05, 3.63) is 65.4 Å². The number of carbonyl (C=O) groups excluding carboxylic acids is 1. The van der Waals surface area contributed by atoms with Crippen LogP contribution in [0.4, 0.5) is 5.69 Å². The minimum atomic E-state index is -0.988. The highest BCUT2D eigenvalue weighted by atomic mass is 16.2. The molecule has 2 aliphatic heterocycles. The number of rotatable bonds is 0. The smallest absolute Gasteiger partial charge is 0.259 e. The molecule has 0 aliphatic carbocycles. The van der Waals surface area contributed by atoms with Gasteiger partial charge in [-0.25, -0.2) is 0 Å². The Bertz CT molecular complexity index is 992. The second-order valence-corrected chi connectivity index (χ2v) is 6.53. The van der Waals surface area contributed by atoms with Gasteiger partial charge in [0.2, 0.25) is 5.79 Å². The van der Waals surface area contributed by atoms with Crippen LogP contribution in [0.25, 0.3) is 10.9 Å². The van der Waals surface area contributed by atoms with Crippen molar-refractivity contribution in [1.29, 1.82) is 0 Å². The summed E-state index contributed by atoms with van der Waals surface area (Å²) in [5.74, 6) is -0.992. The van der Waals surface area contributed by atoms with Crippen LogP contribution in [0.15, 0.2) is 48.5 Å². The van der Waals surface area contributed by atoms with Gasteiger partial charge in [0.1, 0.15) is 0 Å². The van der Waals surface area contributed by atoms with Gasteiger partial charge in [0, 0.05) is 24.5 Å². The normalized spacial score (nSPS) is 22.3. The summed E-state index contributed by atoms with van der Waals surface area (Å²) < 4.78 is 0. The highest BCUT2D eigenvalue weighted by Gasteiger charge is 2.51. The molecule has 2 aliphatic rings. The van der Waals surface area contributed by atoms with Gasteiger partial charge < -0.3 is 9.88 Å². The molecule has 1 amide bonds. The number of H-pyrrole nitrogens is 1. The van der Waals surface area contributed by atoms with E-state index in [0.29, 0.717) is 12.1 Å². The molecule has 0 spiro atoms. The maximum absolute atomic E-state index is 13.0. The van der Waals surface area contributed by atoms with E-state index in [1.54, 1.807) is 4.90 Å². The fourth-order valence-electron chi connectivity index (χ4n) is 4.18. The van der Waals surface area contributed by atoms with Crippen LogP contribution in [-0.2, 0) is 12.2 Å². The minimum Gasteiger partial charge on any atom is -0.353 e. The number of nitrogens with two attached hydrogens (primary N) is 1. The maximum atomic E-state index is 13.0. The lowest BCUT2D eigenvalue weighted by atomic mass is 9.92. The number of hydrogen-bond acceptors (Lipinski definition) is 3. The molecule has 0 radical (unpaired) electrons. The minimum absolute atomic E-state index is 0.00416. The summed E-state index contributed by atoms with van der Waals surface area (Å²) in [5, 5.41) is 1.19. The average molecular weight is 318 g/mol. The number of nitrogens with one attached hydrogen (secondary N) is 1. The van der Waals surface area contributed by atoms with Gasteiger partial charge in [0.05, 0.1) is 16.9 Å². The van der Waals surface area contributed by atoms with Crippen molar-refractivity contribution in [3.8, 4) is 0 Å². The highest BCUT2D eigenvalue weighted by Crippen LogP contribution is 2.43. The highest BCUT2D eigenvalue weighted by molar-refractivity contribution is 6.03. The third kappa shape index (κ3) is 1.45. The molecule has 1 aromatic heterocycles. The fourth-order valence-corrected chi connectivity index (χ4v) is 4.18. The summed E-state index contributed by atoms with van der Waals surface area (Å²) in [4.78, 5) is 20.3. The van der Waals surface area contributed by atoms with Crippen molar-refractivity contribution in [2.75, 3.05) is 18.5 Å². The van der Waals surface area contributed by atoms with Gasteiger partial charge in [-0.15, -0.1) is 0 Å². The quantitative estimate of drug-likeness (QED) is 0.669. The van der Waals surface area contributed by atoms with Gasteiger partial charge in [-0.2, -0.15) is 0 Å².